The van der Waals surface area contributed by atoms with Crippen molar-refractivity contribution in [2.75, 3.05) is 0 Å². The first-order valence-corrected chi connectivity index (χ1v) is 7.05. The van der Waals surface area contributed by atoms with Gasteiger partial charge in [-0.25, -0.2) is 0 Å². The third kappa shape index (κ3) is 3.52. The van der Waals surface area contributed by atoms with E-state index in [1.165, 1.54) is 0 Å². The molecule has 110 valence electrons. The second kappa shape index (κ2) is 6.13. The molecule has 0 saturated carbocycles. The average Bonchev–Trinajstić information content (AvgIpc) is 2.80. The molecule has 1 aromatic heterocycles. The summed E-state index contributed by atoms with van der Waals surface area (Å²) in [6.45, 7) is 4.04. The van der Waals surface area contributed by atoms with E-state index in [2.05, 4.69) is 39.9 Å². The predicted molar refractivity (Wildman–Crippen MR) is 79.2 cm³/mol. The Bertz CT molecular complexity index is 679. The number of carbonyl (C=O) groups is 1. The molecule has 2 rings (SSSR count). The van der Waals surface area contributed by atoms with Crippen molar-refractivity contribution in [3.05, 3.63) is 50.2 Å². The highest BCUT2D eigenvalue weighted by molar-refractivity contribution is 9.10. The fraction of sp³-hybridized carbons (Fsp3) is 0.308. The Hall–Kier alpha value is -2.09. The van der Waals surface area contributed by atoms with Gasteiger partial charge in [0, 0.05) is 26.6 Å². The summed E-state index contributed by atoms with van der Waals surface area (Å²) in [5.41, 5.74) is 1.67. The third-order valence-corrected chi connectivity index (χ3v) is 3.56. The maximum atomic E-state index is 12.1. The number of hydrogen-bond donors (Lipinski definition) is 0. The summed E-state index contributed by atoms with van der Waals surface area (Å²) in [7, 11) is 0. The first kappa shape index (κ1) is 15.3. The van der Waals surface area contributed by atoms with E-state index in [9.17, 15) is 14.9 Å². The zero-order valence-corrected chi connectivity index (χ0v) is 13.1. The molecule has 21 heavy (non-hydrogen) atoms. The van der Waals surface area contributed by atoms with Crippen LogP contribution in [0.5, 0.6) is 0 Å². The summed E-state index contributed by atoms with van der Waals surface area (Å²) in [5, 5.41) is 14.2. The van der Waals surface area contributed by atoms with E-state index in [0.29, 0.717) is 11.5 Å². The molecule has 0 radical (unpaired) electrons. The highest BCUT2D eigenvalue weighted by atomic mass is 79.9. The average molecular weight is 353 g/mol. The van der Waals surface area contributed by atoms with E-state index in [1.807, 2.05) is 12.1 Å². The van der Waals surface area contributed by atoms with Gasteiger partial charge in [-0.3, -0.25) is 4.79 Å². The number of halogens is 1. The molecule has 2 aromatic rings. The van der Waals surface area contributed by atoms with E-state index >= 15 is 0 Å². The quantitative estimate of drug-likeness (QED) is 0.468. The van der Waals surface area contributed by atoms with Crippen LogP contribution in [0.15, 0.2) is 29.0 Å². The Labute approximate surface area is 129 Å². The maximum Gasteiger partial charge on any atom is 0.492 e. The van der Waals surface area contributed by atoms with Crippen molar-refractivity contribution in [1.82, 2.24) is 14.8 Å². The number of carbonyl (C=O) groups excluding carboxylic acids is 1. The molecule has 0 fully saturated rings. The first-order valence-electron chi connectivity index (χ1n) is 6.26. The highest BCUT2D eigenvalue weighted by Crippen LogP contribution is 2.16. The van der Waals surface area contributed by atoms with Crippen molar-refractivity contribution >= 4 is 27.7 Å². The van der Waals surface area contributed by atoms with Gasteiger partial charge < -0.3 is 10.1 Å². The summed E-state index contributed by atoms with van der Waals surface area (Å²) >= 11 is 3.05. The van der Waals surface area contributed by atoms with Gasteiger partial charge in [0.05, 0.1) is 0 Å². The van der Waals surface area contributed by atoms with Crippen LogP contribution in [0, 0.1) is 10.1 Å². The first-order chi connectivity index (χ1) is 9.88. The molecule has 0 spiro atoms. The topological polar surface area (TPSA) is 90.9 Å². The number of rotatable bonds is 5. The van der Waals surface area contributed by atoms with Crippen molar-refractivity contribution in [1.29, 1.82) is 0 Å². The lowest BCUT2D eigenvalue weighted by Gasteiger charge is -2.06. The zero-order chi connectivity index (χ0) is 15.6. The molecule has 1 heterocycles. The summed E-state index contributed by atoms with van der Waals surface area (Å²) < 4.78 is 1.32. The molecule has 0 bridgehead atoms. The van der Waals surface area contributed by atoms with Gasteiger partial charge in [-0.1, -0.05) is 38.1 Å². The van der Waals surface area contributed by atoms with Gasteiger partial charge in [-0.15, -0.1) is 0 Å². The summed E-state index contributed by atoms with van der Waals surface area (Å²) in [6, 6.07) is 7.29. The van der Waals surface area contributed by atoms with E-state index in [-0.39, 0.29) is 17.1 Å². The molecular weight excluding hydrogens is 340 g/mol. The number of benzene rings is 1. The second-order valence-electron chi connectivity index (χ2n) is 4.80. The van der Waals surface area contributed by atoms with Crippen molar-refractivity contribution in [2.45, 2.75) is 26.3 Å². The van der Waals surface area contributed by atoms with Gasteiger partial charge in [0.25, 0.3) is 4.73 Å². The van der Waals surface area contributed by atoms with Crippen LogP contribution >= 0.6 is 15.9 Å². The molecule has 0 N–H and O–H groups in total. The van der Waals surface area contributed by atoms with Crippen LogP contribution in [0.2, 0.25) is 0 Å². The van der Waals surface area contributed by atoms with E-state index in [4.69, 9.17) is 0 Å². The van der Waals surface area contributed by atoms with E-state index < -0.39 is 10.9 Å². The van der Waals surface area contributed by atoms with Crippen LogP contribution in [-0.2, 0) is 6.54 Å². The van der Waals surface area contributed by atoms with Crippen LogP contribution < -0.4 is 0 Å². The van der Waals surface area contributed by atoms with Gasteiger partial charge in [-0.2, -0.15) is 4.68 Å². The Morgan fingerprint density at radius 2 is 2.00 bits per heavy atom. The molecule has 1 aromatic carbocycles. The lowest BCUT2D eigenvalue weighted by molar-refractivity contribution is -0.394. The number of nitro groups is 1. The minimum atomic E-state index is -0.705. The number of aromatic nitrogens is 3. The highest BCUT2D eigenvalue weighted by Gasteiger charge is 2.21. The minimum absolute atomic E-state index is 0.109. The van der Waals surface area contributed by atoms with Crippen LogP contribution in [0.25, 0.3) is 0 Å². The van der Waals surface area contributed by atoms with Crippen LogP contribution in [0.1, 0.15) is 35.7 Å². The Morgan fingerprint density at radius 3 is 2.48 bits per heavy atom. The van der Waals surface area contributed by atoms with Crippen LogP contribution in [-0.4, -0.2) is 25.5 Å². The molecule has 0 amide bonds. The monoisotopic (exact) mass is 352 g/mol. The smallest absolute Gasteiger partial charge is 0.390 e. The molecule has 0 aliphatic rings. The number of hydrogen-bond acceptors (Lipinski definition) is 5. The SMILES string of the molecule is CC(C)c1ccc(C(=O)Cn2nc([N+](=O)[O-])nc2Br)cc1. The normalized spacial score (nSPS) is 10.9. The third-order valence-electron chi connectivity index (χ3n) is 2.97. The Kier molecular flexibility index (Phi) is 4.46. The van der Waals surface area contributed by atoms with Gasteiger partial charge in [-0.05, 0) is 21.4 Å². The molecule has 0 aliphatic heterocycles. The largest absolute Gasteiger partial charge is 0.492 e. The molecule has 0 saturated heterocycles. The van der Waals surface area contributed by atoms with Gasteiger partial charge >= 0.3 is 5.95 Å². The fourth-order valence-electron chi connectivity index (χ4n) is 1.77. The van der Waals surface area contributed by atoms with Gasteiger partial charge in [0.1, 0.15) is 6.54 Å². The zero-order valence-electron chi connectivity index (χ0n) is 11.5. The minimum Gasteiger partial charge on any atom is -0.390 e. The molecule has 0 atom stereocenters. The van der Waals surface area contributed by atoms with Crippen molar-refractivity contribution < 1.29 is 9.72 Å². The van der Waals surface area contributed by atoms with Crippen LogP contribution in [0.4, 0.5) is 5.95 Å². The summed E-state index contributed by atoms with van der Waals surface area (Å²) in [4.78, 5) is 25.6. The Balaban J connectivity index is 2.16. The standard InChI is InChI=1S/C13H13BrN4O3/c1-8(2)9-3-5-10(6-4-9)11(19)7-17-12(14)15-13(16-17)18(20)21/h3-6,8H,7H2,1-2H3. The predicted octanol–water partition coefficient (Wildman–Crippen LogP) is 2.96. The van der Waals surface area contributed by atoms with Gasteiger partial charge in [0.2, 0.25) is 0 Å². The molecule has 0 aliphatic carbocycles. The molecule has 7 nitrogen and oxygen atoms in total. The van der Waals surface area contributed by atoms with E-state index in [0.717, 1.165) is 10.2 Å². The lowest BCUT2D eigenvalue weighted by Crippen LogP contribution is -2.12. The number of ketones is 1. The van der Waals surface area contributed by atoms with Crippen molar-refractivity contribution in [3.63, 3.8) is 0 Å². The van der Waals surface area contributed by atoms with Gasteiger partial charge in [0.15, 0.2) is 5.78 Å². The second-order valence-corrected chi connectivity index (χ2v) is 5.50. The van der Waals surface area contributed by atoms with E-state index in [1.54, 1.807) is 12.1 Å². The van der Waals surface area contributed by atoms with Crippen LogP contribution in [0.3, 0.4) is 0 Å². The molecule has 0 unspecified atom stereocenters. The number of Topliss-reactive ketones (excluding diaryl/α,β-unsaturated/α-hetero) is 1. The Morgan fingerprint density at radius 1 is 1.38 bits per heavy atom. The summed E-state index contributed by atoms with van der Waals surface area (Å²) in [5.74, 6) is -0.336. The molecule has 8 heteroatoms. The van der Waals surface area contributed by atoms with Crippen molar-refractivity contribution in [2.24, 2.45) is 0 Å². The fourth-order valence-corrected chi connectivity index (χ4v) is 2.13. The summed E-state index contributed by atoms with van der Waals surface area (Å²) in [6.07, 6.45) is 0. The maximum absolute atomic E-state index is 12.1. The lowest BCUT2D eigenvalue weighted by atomic mass is 10.0. The van der Waals surface area contributed by atoms with Crippen molar-refractivity contribution in [3.8, 4) is 0 Å². The number of nitrogens with zero attached hydrogens (tertiary/aromatic N) is 4. The molecular formula is C13H13BrN4O3.